The number of oxazole rings is 1. The quantitative estimate of drug-likeness (QED) is 0.802. The van der Waals surface area contributed by atoms with Gasteiger partial charge >= 0.3 is 0 Å². The van der Waals surface area contributed by atoms with Crippen LogP contribution in [-0.2, 0) is 19.5 Å². The maximum atomic E-state index is 5.48. The molecule has 0 aromatic carbocycles. The van der Waals surface area contributed by atoms with Crippen LogP contribution in [-0.4, -0.2) is 15.0 Å². The molecule has 5 heteroatoms. The number of aromatic amines is 1. The van der Waals surface area contributed by atoms with E-state index in [9.17, 15) is 0 Å². The topological polar surface area (TPSA) is 66.7 Å². The third-order valence-electron chi connectivity index (χ3n) is 2.30. The van der Waals surface area contributed by atoms with Gasteiger partial charge in [-0.1, -0.05) is 6.92 Å². The Morgan fingerprint density at radius 3 is 2.81 bits per heavy atom. The Bertz CT molecular complexity index is 446. The predicted molar refractivity (Wildman–Crippen MR) is 59.7 cm³/mol. The van der Waals surface area contributed by atoms with Crippen molar-refractivity contribution < 1.29 is 4.42 Å². The molecule has 0 aliphatic carbocycles. The minimum absolute atomic E-state index is 0.637. The summed E-state index contributed by atoms with van der Waals surface area (Å²) >= 11 is 0. The standard InChI is InChI=1S/C11H16N4O/c1-3-10-6-14-11(16-10)7-12-4-9-5-13-8(2)15-9/h5-6,12H,3-4,7H2,1-2H3,(H,13,15). The number of hydrogen-bond donors (Lipinski definition) is 2. The molecule has 0 amide bonds. The molecule has 2 rings (SSSR count). The molecule has 2 aromatic heterocycles. The zero-order valence-corrected chi connectivity index (χ0v) is 9.58. The molecule has 0 unspecified atom stereocenters. The van der Waals surface area contributed by atoms with Crippen molar-refractivity contribution in [3.8, 4) is 0 Å². The Hall–Kier alpha value is -1.62. The van der Waals surface area contributed by atoms with E-state index in [0.29, 0.717) is 6.54 Å². The van der Waals surface area contributed by atoms with E-state index >= 15 is 0 Å². The lowest BCUT2D eigenvalue weighted by molar-refractivity contribution is 0.438. The van der Waals surface area contributed by atoms with Crippen molar-refractivity contribution in [1.29, 1.82) is 0 Å². The van der Waals surface area contributed by atoms with E-state index in [1.165, 1.54) is 0 Å². The highest BCUT2D eigenvalue weighted by atomic mass is 16.4. The van der Waals surface area contributed by atoms with Crippen LogP contribution in [0, 0.1) is 6.92 Å². The van der Waals surface area contributed by atoms with Gasteiger partial charge in [0, 0.05) is 24.9 Å². The molecule has 0 aliphatic rings. The Labute approximate surface area is 94.3 Å². The fraction of sp³-hybridized carbons (Fsp3) is 0.455. The van der Waals surface area contributed by atoms with Crippen molar-refractivity contribution in [2.75, 3.05) is 0 Å². The van der Waals surface area contributed by atoms with Crippen molar-refractivity contribution in [1.82, 2.24) is 20.3 Å². The van der Waals surface area contributed by atoms with Crippen LogP contribution in [0.25, 0.3) is 0 Å². The summed E-state index contributed by atoms with van der Waals surface area (Å²) in [6.07, 6.45) is 4.49. The SMILES string of the molecule is CCc1cnc(CNCc2cnc(C)[nH]2)o1. The fourth-order valence-electron chi connectivity index (χ4n) is 1.46. The lowest BCUT2D eigenvalue weighted by atomic mass is 10.4. The molecule has 0 saturated heterocycles. The molecule has 0 bridgehead atoms. The number of imidazole rings is 1. The van der Waals surface area contributed by atoms with E-state index in [0.717, 1.165) is 36.1 Å². The van der Waals surface area contributed by atoms with Crippen molar-refractivity contribution >= 4 is 0 Å². The smallest absolute Gasteiger partial charge is 0.208 e. The maximum absolute atomic E-state index is 5.48. The van der Waals surface area contributed by atoms with Gasteiger partial charge in [0.1, 0.15) is 11.6 Å². The summed E-state index contributed by atoms with van der Waals surface area (Å²) in [6.45, 7) is 5.36. The first-order chi connectivity index (χ1) is 7.78. The third-order valence-corrected chi connectivity index (χ3v) is 2.30. The molecular weight excluding hydrogens is 204 g/mol. The van der Waals surface area contributed by atoms with Crippen molar-refractivity contribution in [3.63, 3.8) is 0 Å². The average Bonchev–Trinajstić information content (AvgIpc) is 2.88. The Balaban J connectivity index is 1.79. The van der Waals surface area contributed by atoms with Gasteiger partial charge in [-0.2, -0.15) is 0 Å². The van der Waals surface area contributed by atoms with Gasteiger partial charge in [-0.3, -0.25) is 0 Å². The summed E-state index contributed by atoms with van der Waals surface area (Å²) in [5.74, 6) is 2.59. The first-order valence-corrected chi connectivity index (χ1v) is 5.42. The van der Waals surface area contributed by atoms with Gasteiger partial charge in [0.05, 0.1) is 12.7 Å². The van der Waals surface area contributed by atoms with Crippen molar-refractivity contribution in [2.24, 2.45) is 0 Å². The molecular formula is C11H16N4O. The van der Waals surface area contributed by atoms with E-state index in [4.69, 9.17) is 4.42 Å². The highest BCUT2D eigenvalue weighted by Gasteiger charge is 2.02. The first-order valence-electron chi connectivity index (χ1n) is 5.42. The van der Waals surface area contributed by atoms with Crippen LogP contribution < -0.4 is 5.32 Å². The molecule has 0 atom stereocenters. The second-order valence-corrected chi connectivity index (χ2v) is 3.67. The van der Waals surface area contributed by atoms with Gasteiger partial charge in [-0.05, 0) is 6.92 Å². The van der Waals surface area contributed by atoms with Gasteiger partial charge in [0.25, 0.3) is 0 Å². The number of nitrogens with one attached hydrogen (secondary N) is 2. The molecule has 16 heavy (non-hydrogen) atoms. The van der Waals surface area contributed by atoms with Crippen LogP contribution in [0.3, 0.4) is 0 Å². The largest absolute Gasteiger partial charge is 0.444 e. The highest BCUT2D eigenvalue weighted by molar-refractivity contribution is 4.99. The zero-order valence-electron chi connectivity index (χ0n) is 9.58. The molecule has 0 aliphatic heterocycles. The van der Waals surface area contributed by atoms with Gasteiger partial charge in [0.2, 0.25) is 5.89 Å². The monoisotopic (exact) mass is 220 g/mol. The molecule has 2 aromatic rings. The van der Waals surface area contributed by atoms with Crippen molar-refractivity contribution in [3.05, 3.63) is 35.6 Å². The van der Waals surface area contributed by atoms with Crippen LogP contribution in [0.2, 0.25) is 0 Å². The summed E-state index contributed by atoms with van der Waals surface area (Å²) in [6, 6.07) is 0. The van der Waals surface area contributed by atoms with Gasteiger partial charge in [-0.15, -0.1) is 0 Å². The first kappa shape index (κ1) is 10.9. The maximum Gasteiger partial charge on any atom is 0.208 e. The van der Waals surface area contributed by atoms with E-state index in [1.807, 2.05) is 20.0 Å². The van der Waals surface area contributed by atoms with E-state index < -0.39 is 0 Å². The lowest BCUT2D eigenvalue weighted by Crippen LogP contribution is -2.13. The average molecular weight is 220 g/mol. The molecule has 0 fully saturated rings. The summed E-state index contributed by atoms with van der Waals surface area (Å²) in [7, 11) is 0. The number of H-pyrrole nitrogens is 1. The lowest BCUT2D eigenvalue weighted by Gasteiger charge is -1.98. The summed E-state index contributed by atoms with van der Waals surface area (Å²) in [5.41, 5.74) is 1.07. The second-order valence-electron chi connectivity index (χ2n) is 3.67. The van der Waals surface area contributed by atoms with E-state index in [-0.39, 0.29) is 0 Å². The highest BCUT2D eigenvalue weighted by Crippen LogP contribution is 2.04. The number of aryl methyl sites for hydroxylation is 2. The van der Waals surface area contributed by atoms with Crippen LogP contribution in [0.1, 0.15) is 30.1 Å². The van der Waals surface area contributed by atoms with Gasteiger partial charge in [0.15, 0.2) is 0 Å². The van der Waals surface area contributed by atoms with Crippen molar-refractivity contribution in [2.45, 2.75) is 33.4 Å². The Kier molecular flexibility index (Phi) is 3.36. The Morgan fingerprint density at radius 2 is 2.19 bits per heavy atom. The van der Waals surface area contributed by atoms with Gasteiger partial charge < -0.3 is 14.7 Å². The van der Waals surface area contributed by atoms with Crippen LogP contribution >= 0.6 is 0 Å². The summed E-state index contributed by atoms with van der Waals surface area (Å²) in [4.78, 5) is 11.4. The van der Waals surface area contributed by atoms with E-state index in [2.05, 4.69) is 20.3 Å². The van der Waals surface area contributed by atoms with Crippen LogP contribution in [0.4, 0.5) is 0 Å². The third kappa shape index (κ3) is 2.70. The molecule has 2 N–H and O–H groups in total. The molecule has 0 radical (unpaired) electrons. The zero-order chi connectivity index (χ0) is 11.4. The number of aromatic nitrogens is 3. The van der Waals surface area contributed by atoms with Gasteiger partial charge in [-0.25, -0.2) is 9.97 Å². The molecule has 0 spiro atoms. The summed E-state index contributed by atoms with van der Waals surface area (Å²) in [5, 5.41) is 3.24. The van der Waals surface area contributed by atoms with Crippen LogP contribution in [0.15, 0.2) is 16.8 Å². The molecule has 5 nitrogen and oxygen atoms in total. The number of rotatable bonds is 5. The predicted octanol–water partition coefficient (Wildman–Crippen LogP) is 1.56. The normalized spacial score (nSPS) is 10.9. The van der Waals surface area contributed by atoms with E-state index in [1.54, 1.807) is 6.20 Å². The molecule has 86 valence electrons. The number of nitrogens with zero attached hydrogens (tertiary/aromatic N) is 2. The molecule has 2 heterocycles. The minimum Gasteiger partial charge on any atom is -0.444 e. The second kappa shape index (κ2) is 4.94. The minimum atomic E-state index is 0.637. The fourth-order valence-corrected chi connectivity index (χ4v) is 1.46. The van der Waals surface area contributed by atoms with Crippen LogP contribution in [0.5, 0.6) is 0 Å². The Morgan fingerprint density at radius 1 is 1.31 bits per heavy atom. The summed E-state index contributed by atoms with van der Waals surface area (Å²) < 4.78 is 5.48. The molecule has 0 saturated carbocycles. The number of hydrogen-bond acceptors (Lipinski definition) is 4.